The Kier molecular flexibility index (Phi) is 12.5. The van der Waals surface area contributed by atoms with Crippen molar-refractivity contribution in [3.8, 4) is 28.7 Å². The number of hydrogen-bond donors (Lipinski definition) is 2. The van der Waals surface area contributed by atoms with Gasteiger partial charge in [0.25, 0.3) is 0 Å². The van der Waals surface area contributed by atoms with Crippen molar-refractivity contribution >= 4 is 35.1 Å². The Bertz CT molecular complexity index is 2440. The lowest BCUT2D eigenvalue weighted by atomic mass is 9.89. The molecule has 2 aliphatic heterocycles. The van der Waals surface area contributed by atoms with Crippen LogP contribution in [0.1, 0.15) is 58.9 Å². The first-order valence-electron chi connectivity index (χ1n) is 19.8. The highest BCUT2D eigenvalue weighted by molar-refractivity contribution is 6.42. The molecular formula is C48H43Cl2N3O7. The van der Waals surface area contributed by atoms with E-state index in [-0.39, 0.29) is 24.5 Å². The number of fused-ring (bicyclic) bond motifs is 2. The third kappa shape index (κ3) is 9.52. The topological polar surface area (TPSA) is 119 Å². The van der Waals surface area contributed by atoms with Crippen molar-refractivity contribution in [2.24, 2.45) is 0 Å². The average Bonchev–Trinajstić information content (AvgIpc) is 3.27. The largest absolute Gasteiger partial charge is 0.489 e. The number of hydrogen-bond acceptors (Lipinski definition) is 8. The summed E-state index contributed by atoms with van der Waals surface area (Å²) in [5.74, 6) is 1.66. The number of aliphatic carboxylic acids is 1. The van der Waals surface area contributed by atoms with Crippen LogP contribution in [0.2, 0.25) is 10.0 Å². The second-order valence-electron chi connectivity index (χ2n) is 14.9. The number of carboxylic acids is 1. The lowest BCUT2D eigenvalue weighted by molar-refractivity contribution is -0.143. The summed E-state index contributed by atoms with van der Waals surface area (Å²) in [6, 6.07) is 36.1. The van der Waals surface area contributed by atoms with Crippen molar-refractivity contribution in [3.63, 3.8) is 0 Å². The van der Waals surface area contributed by atoms with Gasteiger partial charge in [-0.15, -0.1) is 0 Å². The van der Waals surface area contributed by atoms with Gasteiger partial charge in [0.1, 0.15) is 36.5 Å². The minimum atomic E-state index is -1.15. The molecular weight excluding hydrogens is 801 g/mol. The second kappa shape index (κ2) is 18.5. The molecule has 8 rings (SSSR count). The highest BCUT2D eigenvalue weighted by Gasteiger charge is 2.38. The molecule has 10 nitrogen and oxygen atoms in total. The van der Waals surface area contributed by atoms with Gasteiger partial charge in [-0.1, -0.05) is 90.8 Å². The van der Waals surface area contributed by atoms with Crippen LogP contribution in [0.4, 0.5) is 0 Å². The van der Waals surface area contributed by atoms with Gasteiger partial charge in [0.2, 0.25) is 5.91 Å². The molecule has 5 aromatic carbocycles. The summed E-state index contributed by atoms with van der Waals surface area (Å²) in [5, 5.41) is 14.2. The smallest absolute Gasteiger partial charge is 0.326 e. The summed E-state index contributed by atoms with van der Waals surface area (Å²) < 4.78 is 24.7. The van der Waals surface area contributed by atoms with E-state index in [9.17, 15) is 14.7 Å². The van der Waals surface area contributed by atoms with Gasteiger partial charge >= 0.3 is 5.97 Å². The van der Waals surface area contributed by atoms with Gasteiger partial charge in [-0.2, -0.15) is 0 Å². The van der Waals surface area contributed by atoms with E-state index in [4.69, 9.17) is 42.1 Å². The van der Waals surface area contributed by atoms with Crippen LogP contribution < -0.4 is 24.3 Å². The van der Waals surface area contributed by atoms with Gasteiger partial charge in [0.05, 0.1) is 22.3 Å². The molecule has 0 radical (unpaired) electrons. The van der Waals surface area contributed by atoms with E-state index < -0.39 is 18.1 Å². The Morgan fingerprint density at radius 1 is 0.850 bits per heavy atom. The molecule has 2 N–H and O–H groups in total. The average molecular weight is 845 g/mol. The van der Waals surface area contributed by atoms with Gasteiger partial charge < -0.3 is 29.4 Å². The maximum absolute atomic E-state index is 14.4. The fourth-order valence-electron chi connectivity index (χ4n) is 7.76. The van der Waals surface area contributed by atoms with Gasteiger partial charge in [0.15, 0.2) is 17.6 Å². The number of nitrogens with zero attached hydrogens (tertiary/aromatic N) is 2. The summed E-state index contributed by atoms with van der Waals surface area (Å²) in [6.07, 6.45) is 4.13. The molecule has 306 valence electrons. The zero-order valence-corrected chi connectivity index (χ0v) is 34.3. The molecule has 0 saturated heterocycles. The maximum Gasteiger partial charge on any atom is 0.326 e. The molecule has 0 aliphatic carbocycles. The Balaban J connectivity index is 0.981. The van der Waals surface area contributed by atoms with E-state index in [1.807, 2.05) is 60.7 Å². The number of benzene rings is 5. The molecule has 0 fully saturated rings. The Morgan fingerprint density at radius 3 is 2.32 bits per heavy atom. The minimum absolute atomic E-state index is 0.0990. The molecule has 3 heterocycles. The van der Waals surface area contributed by atoms with Crippen molar-refractivity contribution in [2.45, 2.75) is 63.6 Å². The number of nitrogens with one attached hydrogen (secondary N) is 1. The van der Waals surface area contributed by atoms with Crippen LogP contribution in [0.5, 0.6) is 28.7 Å². The normalized spacial score (nSPS) is 16.9. The standard InChI is InChI=1S/C48H43Cl2N3O7/c1-2-42(32-7-4-3-5-8-32)53-27-35-25-45-44(58-29-46(60-45)33-13-17-36(18-14-33)57-28-31-12-19-39(49)40(50)21-31)24-34(35)23-43(53)47(54)52-41(48(55)56)22-30-10-15-37(16-11-30)59-38-9-6-20-51-26-38/h3-21,24-26,41-43,46H,2,22-23,27-29H2,1H3,(H,52,54)(H,55,56). The van der Waals surface area contributed by atoms with Crippen molar-refractivity contribution < 1.29 is 33.6 Å². The lowest BCUT2D eigenvalue weighted by Gasteiger charge is -2.42. The molecule has 0 spiro atoms. The van der Waals surface area contributed by atoms with Gasteiger partial charge in [-0.25, -0.2) is 4.79 Å². The van der Waals surface area contributed by atoms with Crippen LogP contribution in [-0.4, -0.2) is 45.6 Å². The van der Waals surface area contributed by atoms with Crippen molar-refractivity contribution in [2.75, 3.05) is 6.61 Å². The first-order valence-corrected chi connectivity index (χ1v) is 20.6. The molecule has 4 atom stereocenters. The lowest BCUT2D eigenvalue weighted by Crippen LogP contribution is -2.55. The van der Waals surface area contributed by atoms with Gasteiger partial charge in [-0.05, 0) is 107 Å². The van der Waals surface area contributed by atoms with Crippen molar-refractivity contribution in [3.05, 3.63) is 177 Å². The van der Waals surface area contributed by atoms with E-state index in [1.165, 1.54) is 0 Å². The third-order valence-corrected chi connectivity index (χ3v) is 11.6. The second-order valence-corrected chi connectivity index (χ2v) is 15.7. The van der Waals surface area contributed by atoms with Crippen LogP contribution in [0.3, 0.4) is 0 Å². The van der Waals surface area contributed by atoms with Gasteiger partial charge in [-0.3, -0.25) is 14.7 Å². The molecule has 4 unspecified atom stereocenters. The number of amides is 1. The first kappa shape index (κ1) is 40.7. The zero-order chi connectivity index (χ0) is 41.6. The van der Waals surface area contributed by atoms with E-state index in [2.05, 4.69) is 34.3 Å². The summed E-state index contributed by atoms with van der Waals surface area (Å²) in [7, 11) is 0. The summed E-state index contributed by atoms with van der Waals surface area (Å²) in [6.45, 7) is 3.19. The van der Waals surface area contributed by atoms with Crippen LogP contribution in [0, 0.1) is 0 Å². The van der Waals surface area contributed by atoms with E-state index in [0.717, 1.165) is 39.8 Å². The number of carbonyl (C=O) groups excluding carboxylic acids is 1. The van der Waals surface area contributed by atoms with Crippen LogP contribution in [0.15, 0.2) is 134 Å². The quantitative estimate of drug-likeness (QED) is 0.110. The van der Waals surface area contributed by atoms with Crippen LogP contribution >= 0.6 is 23.2 Å². The molecule has 6 aromatic rings. The fourth-order valence-corrected chi connectivity index (χ4v) is 8.08. The molecule has 0 bridgehead atoms. The molecule has 12 heteroatoms. The number of halogens is 2. The predicted molar refractivity (Wildman–Crippen MR) is 229 cm³/mol. The number of carbonyl (C=O) groups is 2. The zero-order valence-electron chi connectivity index (χ0n) is 32.8. The molecule has 60 heavy (non-hydrogen) atoms. The van der Waals surface area contributed by atoms with E-state index >= 15 is 0 Å². The highest BCUT2D eigenvalue weighted by atomic mass is 35.5. The van der Waals surface area contributed by atoms with Crippen molar-refractivity contribution in [1.82, 2.24) is 15.2 Å². The highest BCUT2D eigenvalue weighted by Crippen LogP contribution is 2.42. The number of aromatic nitrogens is 1. The van der Waals surface area contributed by atoms with Crippen LogP contribution in [0.25, 0.3) is 0 Å². The third-order valence-electron chi connectivity index (χ3n) is 10.9. The Morgan fingerprint density at radius 2 is 1.60 bits per heavy atom. The van der Waals surface area contributed by atoms with Gasteiger partial charge in [0, 0.05) is 25.2 Å². The number of pyridine rings is 1. The fraction of sp³-hybridized carbons (Fsp3) is 0.229. The number of carboxylic acid groups (broad SMARTS) is 1. The first-order chi connectivity index (χ1) is 29.2. The van der Waals surface area contributed by atoms with E-state index in [0.29, 0.717) is 65.0 Å². The molecule has 1 aromatic heterocycles. The molecule has 0 saturated carbocycles. The monoisotopic (exact) mass is 843 g/mol. The number of rotatable bonds is 14. The predicted octanol–water partition coefficient (Wildman–Crippen LogP) is 9.96. The summed E-state index contributed by atoms with van der Waals surface area (Å²) in [5.41, 5.74) is 5.64. The minimum Gasteiger partial charge on any atom is -0.489 e. The SMILES string of the molecule is CCC(c1ccccc1)N1Cc2cc3c(cc2CC1C(=O)NC(Cc1ccc(Oc2cccnc2)cc1)C(=O)O)OCC(c1ccc(OCc2ccc(Cl)c(Cl)c2)cc1)O3. The Hall–Kier alpha value is -6.07. The van der Waals surface area contributed by atoms with E-state index in [1.54, 1.807) is 60.9 Å². The molecule has 2 aliphatic rings. The van der Waals surface area contributed by atoms with Crippen molar-refractivity contribution in [1.29, 1.82) is 0 Å². The molecule has 1 amide bonds. The summed E-state index contributed by atoms with van der Waals surface area (Å²) in [4.78, 5) is 33.2. The maximum atomic E-state index is 14.4. The summed E-state index contributed by atoms with van der Waals surface area (Å²) >= 11 is 12.2. The van der Waals surface area contributed by atoms with Crippen LogP contribution in [-0.2, 0) is 35.6 Å². The Labute approximate surface area is 358 Å². The number of ether oxygens (including phenoxy) is 4.